The minimum atomic E-state index is -3.60. The molecule has 0 atom stereocenters. The van der Waals surface area contributed by atoms with Crippen LogP contribution >= 0.6 is 11.5 Å². The molecule has 158 valence electrons. The van der Waals surface area contributed by atoms with Crippen LogP contribution in [0.25, 0.3) is 6.08 Å². The summed E-state index contributed by atoms with van der Waals surface area (Å²) in [6.07, 6.45) is 2.31. The van der Waals surface area contributed by atoms with Crippen LogP contribution in [0.15, 0.2) is 59.3 Å². The molecule has 1 N–H and O–H groups in total. The van der Waals surface area contributed by atoms with Gasteiger partial charge >= 0.3 is 0 Å². The number of nitriles is 1. The summed E-state index contributed by atoms with van der Waals surface area (Å²) < 4.78 is 45.7. The highest BCUT2D eigenvalue weighted by Crippen LogP contribution is 2.19. The summed E-state index contributed by atoms with van der Waals surface area (Å²) in [7, 11) is -3.60. The van der Waals surface area contributed by atoms with Crippen LogP contribution in [0.2, 0.25) is 0 Å². The molecule has 0 aliphatic heterocycles. The zero-order chi connectivity index (χ0) is 22.4. The third-order valence-electron chi connectivity index (χ3n) is 3.87. The van der Waals surface area contributed by atoms with Crippen LogP contribution in [0.5, 0.6) is 5.75 Å². The number of nitrogens with one attached hydrogen (secondary N) is 1. The molecular formula is C20H15FN4O4S2. The molecule has 0 fully saturated rings. The summed E-state index contributed by atoms with van der Waals surface area (Å²) in [6, 6.07) is 14.6. The average Bonchev–Trinajstić information content (AvgIpc) is 3.21. The Morgan fingerprint density at radius 3 is 2.58 bits per heavy atom. The normalized spacial score (nSPS) is 11.6. The molecule has 3 aromatic rings. The number of benzene rings is 2. The Morgan fingerprint density at radius 2 is 1.97 bits per heavy atom. The molecule has 2 aromatic carbocycles. The van der Waals surface area contributed by atoms with Gasteiger partial charge in [-0.15, -0.1) is 0 Å². The van der Waals surface area contributed by atoms with Gasteiger partial charge in [-0.05, 0) is 29.8 Å². The lowest BCUT2D eigenvalue weighted by Gasteiger charge is -2.07. The first-order chi connectivity index (χ1) is 14.8. The Hall–Kier alpha value is -3.62. The molecule has 1 amide bonds. The smallest absolute Gasteiger partial charge is 0.268 e. The van der Waals surface area contributed by atoms with Crippen molar-refractivity contribution in [2.75, 3.05) is 11.6 Å². The van der Waals surface area contributed by atoms with E-state index in [9.17, 15) is 22.9 Å². The molecule has 0 aliphatic rings. The molecule has 3 rings (SSSR count). The summed E-state index contributed by atoms with van der Waals surface area (Å²) in [4.78, 5) is 16.0. The van der Waals surface area contributed by atoms with Gasteiger partial charge in [0, 0.05) is 23.4 Å². The third kappa shape index (κ3) is 5.94. The third-order valence-corrected chi connectivity index (χ3v) is 5.46. The maximum atomic E-state index is 13.6. The fraction of sp³-hybridized carbons (Fsp3) is 0.100. The second-order valence-corrected chi connectivity index (χ2v) is 8.89. The first kappa shape index (κ1) is 22.1. The van der Waals surface area contributed by atoms with Crippen molar-refractivity contribution in [1.29, 1.82) is 5.26 Å². The monoisotopic (exact) mass is 458 g/mol. The van der Waals surface area contributed by atoms with Crippen LogP contribution in [-0.4, -0.2) is 29.9 Å². The summed E-state index contributed by atoms with van der Waals surface area (Å²) >= 11 is 0.693. The number of sulfone groups is 1. The molecule has 0 radical (unpaired) electrons. The van der Waals surface area contributed by atoms with Crippen molar-refractivity contribution in [3.63, 3.8) is 0 Å². The number of ether oxygens (including phenoxy) is 1. The fourth-order valence-electron chi connectivity index (χ4n) is 2.33. The number of halogens is 1. The van der Waals surface area contributed by atoms with Gasteiger partial charge in [-0.1, -0.05) is 30.3 Å². The van der Waals surface area contributed by atoms with Crippen molar-refractivity contribution in [2.45, 2.75) is 11.8 Å². The minimum absolute atomic E-state index is 0.0385. The largest absolute Gasteiger partial charge is 0.489 e. The minimum Gasteiger partial charge on any atom is -0.489 e. The van der Waals surface area contributed by atoms with E-state index in [4.69, 9.17) is 4.74 Å². The lowest BCUT2D eigenvalue weighted by molar-refractivity contribution is -0.112. The van der Waals surface area contributed by atoms with E-state index in [1.807, 2.05) is 0 Å². The Labute approximate surface area is 181 Å². The van der Waals surface area contributed by atoms with E-state index in [2.05, 4.69) is 14.7 Å². The number of nitrogens with zero attached hydrogens (tertiary/aromatic N) is 3. The molecule has 0 aliphatic carbocycles. The fourth-order valence-corrected chi connectivity index (χ4v) is 3.77. The standard InChI is InChI=1S/C20H15FN4O4S2/c1-31(27,28)20-24-19(30-25-20)23-18(26)15(11-22)10-13-6-8-16(9-7-13)29-12-14-4-2-3-5-17(14)21/h2-10H,12H2,1H3,(H,23,24,25,26)/b15-10-. The number of hydrogen-bond donors (Lipinski definition) is 1. The Balaban J connectivity index is 1.66. The van der Waals surface area contributed by atoms with E-state index in [0.717, 1.165) is 6.26 Å². The van der Waals surface area contributed by atoms with E-state index < -0.39 is 20.9 Å². The summed E-state index contributed by atoms with van der Waals surface area (Å²) in [5.74, 6) is -0.616. The Kier molecular flexibility index (Phi) is 6.74. The number of rotatable bonds is 7. The maximum Gasteiger partial charge on any atom is 0.268 e. The quantitative estimate of drug-likeness (QED) is 0.426. The highest BCUT2D eigenvalue weighted by atomic mass is 32.2. The van der Waals surface area contributed by atoms with Gasteiger partial charge in [-0.2, -0.15) is 14.6 Å². The summed E-state index contributed by atoms with van der Waals surface area (Å²) in [5, 5.41) is 11.2. The van der Waals surface area contributed by atoms with Crippen LogP contribution in [-0.2, 0) is 21.2 Å². The molecule has 8 nitrogen and oxygen atoms in total. The highest BCUT2D eigenvalue weighted by Gasteiger charge is 2.17. The topological polar surface area (TPSA) is 122 Å². The summed E-state index contributed by atoms with van der Waals surface area (Å²) in [6.45, 7) is 0.0605. The van der Waals surface area contributed by atoms with Gasteiger partial charge in [0.05, 0.1) is 0 Å². The van der Waals surface area contributed by atoms with Crippen LogP contribution in [0.1, 0.15) is 11.1 Å². The van der Waals surface area contributed by atoms with Gasteiger partial charge < -0.3 is 4.74 Å². The van der Waals surface area contributed by atoms with E-state index in [-0.39, 0.29) is 23.1 Å². The zero-order valence-electron chi connectivity index (χ0n) is 16.1. The van der Waals surface area contributed by atoms with Gasteiger partial charge in [-0.25, -0.2) is 12.8 Å². The SMILES string of the molecule is CS(=O)(=O)c1nsc(NC(=O)/C(C#N)=C\c2ccc(OCc3ccccc3F)cc2)n1. The number of hydrogen-bond acceptors (Lipinski definition) is 8. The number of aromatic nitrogens is 2. The number of anilines is 1. The van der Waals surface area contributed by atoms with Gasteiger partial charge in [0.25, 0.3) is 11.1 Å². The van der Waals surface area contributed by atoms with Crippen LogP contribution < -0.4 is 10.1 Å². The van der Waals surface area contributed by atoms with Crippen molar-refractivity contribution >= 4 is 38.5 Å². The van der Waals surface area contributed by atoms with Crippen molar-refractivity contribution in [1.82, 2.24) is 9.36 Å². The first-order valence-corrected chi connectivity index (χ1v) is 11.4. The number of carbonyl (C=O) groups excluding carboxylic acids is 1. The molecule has 0 spiro atoms. The van der Waals surface area contributed by atoms with Crippen molar-refractivity contribution < 1.29 is 22.3 Å². The van der Waals surface area contributed by atoms with Gasteiger partial charge in [0.15, 0.2) is 0 Å². The molecule has 1 aromatic heterocycles. The number of amides is 1. The molecule has 0 saturated heterocycles. The van der Waals surface area contributed by atoms with E-state index in [1.165, 1.54) is 12.1 Å². The zero-order valence-corrected chi connectivity index (χ0v) is 17.7. The van der Waals surface area contributed by atoms with Gasteiger partial charge in [0.1, 0.15) is 29.8 Å². The molecule has 11 heteroatoms. The van der Waals surface area contributed by atoms with Crippen molar-refractivity contribution in [3.8, 4) is 11.8 Å². The van der Waals surface area contributed by atoms with Crippen LogP contribution in [0.3, 0.4) is 0 Å². The van der Waals surface area contributed by atoms with E-state index in [0.29, 0.717) is 28.4 Å². The van der Waals surface area contributed by atoms with E-state index >= 15 is 0 Å². The van der Waals surface area contributed by atoms with E-state index in [1.54, 1.807) is 48.5 Å². The second-order valence-electron chi connectivity index (χ2n) is 6.23. The van der Waals surface area contributed by atoms with Gasteiger partial charge in [-0.3, -0.25) is 10.1 Å². The Bertz CT molecular complexity index is 1280. The molecule has 0 saturated carbocycles. The second kappa shape index (κ2) is 9.46. The number of carbonyl (C=O) groups is 1. The first-order valence-electron chi connectivity index (χ1n) is 8.69. The molecule has 1 heterocycles. The highest BCUT2D eigenvalue weighted by molar-refractivity contribution is 7.90. The van der Waals surface area contributed by atoms with Crippen LogP contribution in [0, 0.1) is 17.1 Å². The van der Waals surface area contributed by atoms with Crippen molar-refractivity contribution in [2.24, 2.45) is 0 Å². The molecule has 0 bridgehead atoms. The maximum absolute atomic E-state index is 13.6. The lowest BCUT2D eigenvalue weighted by Crippen LogP contribution is -2.13. The Morgan fingerprint density at radius 1 is 1.26 bits per heavy atom. The predicted octanol–water partition coefficient (Wildman–Crippen LogP) is 3.21. The van der Waals surface area contributed by atoms with Gasteiger partial charge in [0.2, 0.25) is 15.0 Å². The summed E-state index contributed by atoms with van der Waals surface area (Å²) in [5.41, 5.74) is 0.765. The average molecular weight is 458 g/mol. The molecular weight excluding hydrogens is 443 g/mol. The lowest BCUT2D eigenvalue weighted by atomic mass is 10.1. The predicted molar refractivity (Wildman–Crippen MR) is 112 cm³/mol. The molecule has 0 unspecified atom stereocenters. The van der Waals surface area contributed by atoms with Crippen LogP contribution in [0.4, 0.5) is 9.52 Å². The van der Waals surface area contributed by atoms with Crippen molar-refractivity contribution in [3.05, 3.63) is 71.0 Å². The molecule has 31 heavy (non-hydrogen) atoms.